The van der Waals surface area contributed by atoms with Crippen molar-refractivity contribution in [2.75, 3.05) is 0 Å². The third-order valence-electron chi connectivity index (χ3n) is 12.4. The second kappa shape index (κ2) is 19.3. The van der Waals surface area contributed by atoms with E-state index in [2.05, 4.69) is 213 Å². The minimum atomic E-state index is -0.583. The topological polar surface area (TPSA) is 0 Å². The lowest BCUT2D eigenvalue weighted by Crippen LogP contribution is -1.92. The Morgan fingerprint density at radius 1 is 0.274 bits per heavy atom. The zero-order chi connectivity index (χ0) is 43.3. The summed E-state index contributed by atoms with van der Waals surface area (Å²) in [7, 11) is -1.16. The molecule has 0 saturated heterocycles. The molecule has 0 atom stereocenters. The molecule has 8 rings (SSSR count). The SMILES string of the molecule is Cc1cc(C)cc(-c2cc(-c3ccccc3)cc(-c3cc(C)cc(C)c3)[p+]2CCCCCC[p+]2c(-c3ccc(C)cc3C)cc(-c3ccccc3)cc2-c2ccc(C)cc2C)c1. The van der Waals surface area contributed by atoms with E-state index in [1.807, 2.05) is 0 Å². The molecule has 0 aliphatic rings. The molecule has 2 aromatic heterocycles. The van der Waals surface area contributed by atoms with Gasteiger partial charge in [0.05, 0.1) is 0 Å². The number of hydrogen-bond acceptors (Lipinski definition) is 0. The normalized spacial score (nSPS) is 11.3. The van der Waals surface area contributed by atoms with Gasteiger partial charge in [0.2, 0.25) is 0 Å². The second-order valence-corrected chi connectivity index (χ2v) is 22.4. The summed E-state index contributed by atoms with van der Waals surface area (Å²) in [4.78, 5) is 0. The van der Waals surface area contributed by atoms with Crippen molar-refractivity contribution >= 4 is 15.1 Å². The number of hydrogen-bond donors (Lipinski definition) is 0. The van der Waals surface area contributed by atoms with Crippen LogP contribution in [0.3, 0.4) is 0 Å². The van der Waals surface area contributed by atoms with Gasteiger partial charge in [-0.2, -0.15) is 0 Å². The van der Waals surface area contributed by atoms with Crippen molar-refractivity contribution in [3.05, 3.63) is 202 Å². The van der Waals surface area contributed by atoms with Gasteiger partial charge >= 0.3 is 0 Å². The number of rotatable bonds is 13. The predicted molar refractivity (Wildman–Crippen MR) is 276 cm³/mol. The maximum atomic E-state index is 2.54. The number of unbranched alkanes of at least 4 members (excludes halogenated alkanes) is 3. The summed E-state index contributed by atoms with van der Waals surface area (Å²) in [6.45, 7) is 18.1. The van der Waals surface area contributed by atoms with Gasteiger partial charge in [0.25, 0.3) is 0 Å². The van der Waals surface area contributed by atoms with Crippen LogP contribution in [0.2, 0.25) is 0 Å². The zero-order valence-electron chi connectivity index (χ0n) is 38.1. The van der Waals surface area contributed by atoms with Crippen LogP contribution in [0.15, 0.2) is 158 Å². The molecule has 0 saturated carbocycles. The molecule has 0 unspecified atom stereocenters. The van der Waals surface area contributed by atoms with Crippen molar-refractivity contribution in [1.82, 2.24) is 0 Å². The molecule has 2 heteroatoms. The molecule has 310 valence electrons. The molecule has 0 spiro atoms. The summed E-state index contributed by atoms with van der Waals surface area (Å²) < 4.78 is 0. The van der Waals surface area contributed by atoms with Gasteiger partial charge in [-0.15, -0.1) is 0 Å². The van der Waals surface area contributed by atoms with Crippen molar-refractivity contribution in [3.63, 3.8) is 0 Å². The maximum Gasteiger partial charge on any atom is 0.157 e. The molecule has 8 aromatic rings. The fourth-order valence-corrected chi connectivity index (χ4v) is 15.3. The fraction of sp³-hybridized carbons (Fsp3) is 0.233. The standard InChI is InChI=1S/C60H62P2/c1-41-23-25-55(47(7)31-41)59-39-52(50-21-15-12-16-22-50)40-60(56-26-24-42(2)32-48(56)8)62(59)28-18-10-9-17-27-61-57(53-33-43(3)29-44(4)34-53)37-51(49-19-13-11-14-20-49)38-58(61)54-35-45(5)30-46(6)36-54/h11-16,19-26,29-40H,9-10,17-18,27-28H2,1-8H3/q+2. The van der Waals surface area contributed by atoms with Gasteiger partial charge in [-0.3, -0.25) is 0 Å². The van der Waals surface area contributed by atoms with Crippen LogP contribution >= 0.6 is 15.1 Å². The zero-order valence-corrected chi connectivity index (χ0v) is 39.9. The van der Waals surface area contributed by atoms with E-state index in [0.717, 1.165) is 0 Å². The van der Waals surface area contributed by atoms with E-state index < -0.39 is 15.1 Å². The summed E-state index contributed by atoms with van der Waals surface area (Å²) in [5.41, 5.74) is 21.5. The van der Waals surface area contributed by atoms with Crippen LogP contribution in [-0.2, 0) is 12.3 Å². The highest BCUT2D eigenvalue weighted by Crippen LogP contribution is 2.55. The Morgan fingerprint density at radius 3 is 1.00 bits per heavy atom. The Bertz CT molecular complexity index is 2680. The van der Waals surface area contributed by atoms with E-state index >= 15 is 0 Å². The summed E-state index contributed by atoms with van der Waals surface area (Å²) in [6, 6.07) is 60.7. The second-order valence-electron chi connectivity index (χ2n) is 17.9. The number of benzene rings is 6. The van der Waals surface area contributed by atoms with Crippen molar-refractivity contribution in [2.24, 2.45) is 0 Å². The monoisotopic (exact) mass is 844 g/mol. The Balaban J connectivity index is 1.14. The lowest BCUT2D eigenvalue weighted by molar-refractivity contribution is 0.679. The summed E-state index contributed by atoms with van der Waals surface area (Å²) in [5, 5.41) is 6.09. The lowest BCUT2D eigenvalue weighted by atomic mass is 9.99. The van der Waals surface area contributed by atoms with E-state index in [1.54, 1.807) is 0 Å². The van der Waals surface area contributed by atoms with E-state index in [4.69, 9.17) is 0 Å². The molecule has 2 heterocycles. The molecule has 0 bridgehead atoms. The van der Waals surface area contributed by atoms with Crippen molar-refractivity contribution in [2.45, 2.75) is 93.4 Å². The first-order chi connectivity index (χ1) is 30.0. The number of aryl methyl sites for hydroxylation is 8. The first kappa shape index (κ1) is 43.3. The lowest BCUT2D eigenvalue weighted by Gasteiger charge is -2.14. The average Bonchev–Trinajstić information content (AvgIpc) is 3.24. The first-order valence-electron chi connectivity index (χ1n) is 22.6. The highest BCUT2D eigenvalue weighted by Gasteiger charge is 2.29. The molecule has 62 heavy (non-hydrogen) atoms. The van der Waals surface area contributed by atoms with E-state index in [1.165, 1.54) is 148 Å². The van der Waals surface area contributed by atoms with E-state index in [-0.39, 0.29) is 0 Å². The molecule has 6 aromatic carbocycles. The van der Waals surface area contributed by atoms with Gasteiger partial charge in [0, 0.05) is 22.3 Å². The first-order valence-corrected chi connectivity index (χ1v) is 25.7. The Morgan fingerprint density at radius 2 is 0.629 bits per heavy atom. The van der Waals surface area contributed by atoms with Gasteiger partial charge in [-0.05, 0) is 163 Å². The van der Waals surface area contributed by atoms with Gasteiger partial charge in [0.15, 0.2) is 21.2 Å². The largest absolute Gasteiger partial charge is 0.157 e. The predicted octanol–water partition coefficient (Wildman–Crippen LogP) is 19.0. The van der Waals surface area contributed by atoms with Gasteiger partial charge < -0.3 is 0 Å². The summed E-state index contributed by atoms with van der Waals surface area (Å²) in [6.07, 6.45) is 7.32. The molecule has 0 amide bonds. The fourth-order valence-electron chi connectivity index (χ4n) is 9.59. The molecule has 0 aliphatic carbocycles. The van der Waals surface area contributed by atoms with Crippen LogP contribution in [0.1, 0.15) is 70.2 Å². The van der Waals surface area contributed by atoms with Crippen molar-refractivity contribution in [1.29, 1.82) is 0 Å². The van der Waals surface area contributed by atoms with Crippen molar-refractivity contribution in [3.8, 4) is 65.7 Å². The maximum absolute atomic E-state index is 2.54. The molecule has 0 nitrogen and oxygen atoms in total. The third kappa shape index (κ3) is 9.95. The van der Waals surface area contributed by atoms with E-state index in [9.17, 15) is 0 Å². The quantitative estimate of drug-likeness (QED) is 0.101. The Hall–Kier alpha value is -5.38. The third-order valence-corrected chi connectivity index (χ3v) is 17.8. The molecular formula is C60H62P2+2. The highest BCUT2D eigenvalue weighted by atomic mass is 31.1. The summed E-state index contributed by atoms with van der Waals surface area (Å²) >= 11 is 0. The highest BCUT2D eigenvalue weighted by molar-refractivity contribution is 7.55. The minimum Gasteiger partial charge on any atom is -0.0622 e. The van der Waals surface area contributed by atoms with Gasteiger partial charge in [-0.25, -0.2) is 0 Å². The van der Waals surface area contributed by atoms with E-state index in [0.29, 0.717) is 0 Å². The van der Waals surface area contributed by atoms with Crippen molar-refractivity contribution < 1.29 is 0 Å². The van der Waals surface area contributed by atoms with Gasteiger partial charge in [0.1, 0.15) is 27.4 Å². The van der Waals surface area contributed by atoms with Crippen LogP contribution in [-0.4, -0.2) is 0 Å². The van der Waals surface area contributed by atoms with Crippen LogP contribution in [0, 0.1) is 55.4 Å². The molecule has 0 radical (unpaired) electrons. The average molecular weight is 845 g/mol. The van der Waals surface area contributed by atoms with Crippen LogP contribution in [0.25, 0.3) is 65.7 Å². The minimum absolute atomic E-state index is 0.581. The van der Waals surface area contributed by atoms with Crippen LogP contribution in [0.5, 0.6) is 0 Å². The Kier molecular flexibility index (Phi) is 13.5. The van der Waals surface area contributed by atoms with Crippen LogP contribution in [0.4, 0.5) is 0 Å². The molecule has 0 N–H and O–H groups in total. The van der Waals surface area contributed by atoms with Gasteiger partial charge in [-0.1, -0.05) is 143 Å². The van der Waals surface area contributed by atoms with Crippen LogP contribution < -0.4 is 0 Å². The summed E-state index contributed by atoms with van der Waals surface area (Å²) in [5.74, 6) is 0. The smallest absolute Gasteiger partial charge is 0.0622 e. The molecular weight excluding hydrogens is 783 g/mol. The molecule has 0 fully saturated rings. The Labute approximate surface area is 374 Å². The molecule has 0 aliphatic heterocycles.